The number of ether oxygens (including phenoxy) is 1. The first-order valence-corrected chi connectivity index (χ1v) is 7.01. The standard InChI is InChI=1S/C13H19BrClNO/c1-13(2,9-15)10-16-7-8-17-12-5-3-11(14)4-6-12/h3-6,16H,7-10H2,1-2H3. The van der Waals surface area contributed by atoms with Gasteiger partial charge >= 0.3 is 0 Å². The zero-order valence-electron chi connectivity index (χ0n) is 10.3. The Labute approximate surface area is 117 Å². The van der Waals surface area contributed by atoms with Gasteiger partial charge in [-0.1, -0.05) is 29.8 Å². The van der Waals surface area contributed by atoms with Gasteiger partial charge in [0.05, 0.1) is 0 Å². The predicted molar refractivity (Wildman–Crippen MR) is 77.0 cm³/mol. The average molecular weight is 321 g/mol. The van der Waals surface area contributed by atoms with Gasteiger partial charge in [-0.25, -0.2) is 0 Å². The summed E-state index contributed by atoms with van der Waals surface area (Å²) in [5.74, 6) is 1.56. The van der Waals surface area contributed by atoms with Crippen molar-refractivity contribution in [1.82, 2.24) is 5.32 Å². The molecule has 0 bridgehead atoms. The van der Waals surface area contributed by atoms with E-state index >= 15 is 0 Å². The fourth-order valence-corrected chi connectivity index (χ4v) is 1.60. The lowest BCUT2D eigenvalue weighted by atomic mass is 9.97. The van der Waals surface area contributed by atoms with E-state index in [0.717, 1.165) is 23.3 Å². The van der Waals surface area contributed by atoms with Crippen molar-refractivity contribution < 1.29 is 4.74 Å². The Morgan fingerprint density at radius 2 is 1.94 bits per heavy atom. The molecule has 0 saturated carbocycles. The molecular formula is C13H19BrClNO. The van der Waals surface area contributed by atoms with E-state index < -0.39 is 0 Å². The topological polar surface area (TPSA) is 21.3 Å². The average Bonchev–Trinajstić information content (AvgIpc) is 2.31. The largest absolute Gasteiger partial charge is 0.492 e. The van der Waals surface area contributed by atoms with Crippen LogP contribution in [0.1, 0.15) is 13.8 Å². The zero-order valence-corrected chi connectivity index (χ0v) is 12.6. The molecule has 0 amide bonds. The summed E-state index contributed by atoms with van der Waals surface area (Å²) in [6.45, 7) is 6.68. The van der Waals surface area contributed by atoms with Gasteiger partial charge < -0.3 is 10.1 Å². The Kier molecular flexibility index (Phi) is 6.31. The first-order valence-electron chi connectivity index (χ1n) is 5.68. The second-order valence-corrected chi connectivity index (χ2v) is 5.96. The van der Waals surface area contributed by atoms with Crippen LogP contribution in [0.3, 0.4) is 0 Å². The summed E-state index contributed by atoms with van der Waals surface area (Å²) in [6.07, 6.45) is 0. The predicted octanol–water partition coefficient (Wildman–Crippen LogP) is 3.68. The lowest BCUT2D eigenvalue weighted by molar-refractivity contribution is 0.298. The molecule has 96 valence electrons. The van der Waals surface area contributed by atoms with Crippen LogP contribution in [0.4, 0.5) is 0 Å². The molecule has 0 aliphatic rings. The number of hydrogen-bond donors (Lipinski definition) is 1. The summed E-state index contributed by atoms with van der Waals surface area (Å²) < 4.78 is 6.65. The van der Waals surface area contributed by atoms with E-state index in [-0.39, 0.29) is 5.41 Å². The second kappa shape index (κ2) is 7.24. The van der Waals surface area contributed by atoms with Crippen molar-refractivity contribution in [3.8, 4) is 5.75 Å². The van der Waals surface area contributed by atoms with Crippen molar-refractivity contribution in [3.05, 3.63) is 28.7 Å². The van der Waals surface area contributed by atoms with Gasteiger partial charge in [0, 0.05) is 23.4 Å². The van der Waals surface area contributed by atoms with E-state index in [1.165, 1.54) is 0 Å². The monoisotopic (exact) mass is 319 g/mol. The van der Waals surface area contributed by atoms with Gasteiger partial charge in [0.1, 0.15) is 12.4 Å². The summed E-state index contributed by atoms with van der Waals surface area (Å²) in [7, 11) is 0. The van der Waals surface area contributed by atoms with Gasteiger partial charge in [-0.15, -0.1) is 11.6 Å². The third kappa shape index (κ3) is 6.29. The van der Waals surface area contributed by atoms with Gasteiger partial charge in [-0.2, -0.15) is 0 Å². The third-order valence-corrected chi connectivity index (χ3v) is 3.58. The fraction of sp³-hybridized carbons (Fsp3) is 0.538. The Bertz CT molecular complexity index is 327. The number of alkyl halides is 1. The second-order valence-electron chi connectivity index (χ2n) is 4.78. The number of benzene rings is 1. The summed E-state index contributed by atoms with van der Waals surface area (Å²) in [6, 6.07) is 7.85. The normalized spacial score (nSPS) is 11.5. The lowest BCUT2D eigenvalue weighted by Crippen LogP contribution is -2.33. The third-order valence-electron chi connectivity index (χ3n) is 2.33. The van der Waals surface area contributed by atoms with Gasteiger partial charge in [-0.05, 0) is 29.7 Å². The van der Waals surface area contributed by atoms with Crippen molar-refractivity contribution >= 4 is 27.5 Å². The minimum Gasteiger partial charge on any atom is -0.492 e. The van der Waals surface area contributed by atoms with Crippen molar-refractivity contribution in [1.29, 1.82) is 0 Å². The molecule has 2 nitrogen and oxygen atoms in total. The van der Waals surface area contributed by atoms with Crippen LogP contribution in [0.2, 0.25) is 0 Å². The van der Waals surface area contributed by atoms with E-state index in [1.807, 2.05) is 24.3 Å². The molecule has 4 heteroatoms. The lowest BCUT2D eigenvalue weighted by Gasteiger charge is -2.21. The first-order chi connectivity index (χ1) is 8.03. The Balaban J connectivity index is 2.14. The molecule has 0 unspecified atom stereocenters. The molecule has 0 saturated heterocycles. The first kappa shape index (κ1) is 14.8. The summed E-state index contributed by atoms with van der Waals surface area (Å²) in [5.41, 5.74) is 0.138. The molecule has 0 radical (unpaired) electrons. The van der Waals surface area contributed by atoms with Gasteiger partial charge in [0.15, 0.2) is 0 Å². The van der Waals surface area contributed by atoms with Gasteiger partial charge in [0.25, 0.3) is 0 Å². The van der Waals surface area contributed by atoms with Crippen molar-refractivity contribution in [3.63, 3.8) is 0 Å². The molecule has 1 aromatic carbocycles. The van der Waals surface area contributed by atoms with Crippen LogP contribution in [-0.4, -0.2) is 25.6 Å². The van der Waals surface area contributed by atoms with Gasteiger partial charge in [-0.3, -0.25) is 0 Å². The Hall–Kier alpha value is -0.250. The molecule has 0 aliphatic heterocycles. The van der Waals surface area contributed by atoms with E-state index in [4.69, 9.17) is 16.3 Å². The zero-order chi connectivity index (χ0) is 12.7. The number of rotatable bonds is 7. The highest BCUT2D eigenvalue weighted by Crippen LogP contribution is 2.16. The molecule has 1 N–H and O–H groups in total. The van der Waals surface area contributed by atoms with E-state index in [1.54, 1.807) is 0 Å². The minimum atomic E-state index is 0.138. The highest BCUT2D eigenvalue weighted by molar-refractivity contribution is 9.10. The maximum absolute atomic E-state index is 5.84. The quantitative estimate of drug-likeness (QED) is 0.611. The molecule has 0 fully saturated rings. The van der Waals surface area contributed by atoms with Crippen LogP contribution in [0.25, 0.3) is 0 Å². The molecular weight excluding hydrogens is 302 g/mol. The maximum Gasteiger partial charge on any atom is 0.119 e. The van der Waals surface area contributed by atoms with Crippen LogP contribution in [0.5, 0.6) is 5.75 Å². The molecule has 17 heavy (non-hydrogen) atoms. The van der Waals surface area contributed by atoms with Crippen molar-refractivity contribution in [2.24, 2.45) is 5.41 Å². The van der Waals surface area contributed by atoms with Crippen LogP contribution >= 0.6 is 27.5 Å². The molecule has 0 heterocycles. The highest BCUT2D eigenvalue weighted by Gasteiger charge is 2.14. The van der Waals surface area contributed by atoms with Gasteiger partial charge in [0.2, 0.25) is 0 Å². The van der Waals surface area contributed by atoms with Crippen LogP contribution in [0, 0.1) is 5.41 Å². The SMILES string of the molecule is CC(C)(CCl)CNCCOc1ccc(Br)cc1. The number of halogens is 2. The summed E-state index contributed by atoms with van der Waals surface area (Å²) >= 11 is 9.23. The molecule has 0 atom stereocenters. The molecule has 1 aromatic rings. The minimum absolute atomic E-state index is 0.138. The van der Waals surface area contributed by atoms with Crippen molar-refractivity contribution in [2.45, 2.75) is 13.8 Å². The number of nitrogens with one attached hydrogen (secondary N) is 1. The van der Waals surface area contributed by atoms with Crippen molar-refractivity contribution in [2.75, 3.05) is 25.6 Å². The molecule has 1 rings (SSSR count). The smallest absolute Gasteiger partial charge is 0.119 e. The highest BCUT2D eigenvalue weighted by atomic mass is 79.9. The Morgan fingerprint density at radius 3 is 2.53 bits per heavy atom. The maximum atomic E-state index is 5.84. The summed E-state index contributed by atoms with van der Waals surface area (Å²) in [5, 5.41) is 3.34. The fourth-order valence-electron chi connectivity index (χ4n) is 1.25. The molecule has 0 aromatic heterocycles. The number of hydrogen-bond acceptors (Lipinski definition) is 2. The van der Waals surface area contributed by atoms with Crippen LogP contribution in [0.15, 0.2) is 28.7 Å². The Morgan fingerprint density at radius 1 is 1.29 bits per heavy atom. The van der Waals surface area contributed by atoms with Crippen LogP contribution in [-0.2, 0) is 0 Å². The molecule has 0 aliphatic carbocycles. The van der Waals surface area contributed by atoms with Crippen LogP contribution < -0.4 is 10.1 Å². The van der Waals surface area contributed by atoms with E-state index in [2.05, 4.69) is 35.1 Å². The summed E-state index contributed by atoms with van der Waals surface area (Å²) in [4.78, 5) is 0. The molecule has 0 spiro atoms. The van der Waals surface area contributed by atoms with E-state index in [9.17, 15) is 0 Å². The van der Waals surface area contributed by atoms with E-state index in [0.29, 0.717) is 12.5 Å².